The highest BCUT2D eigenvalue weighted by atomic mass is 17.2. The van der Waals surface area contributed by atoms with Gasteiger partial charge < -0.3 is 9.78 Å². The van der Waals surface area contributed by atoms with Crippen LogP contribution in [0.3, 0.4) is 0 Å². The second-order valence-corrected chi connectivity index (χ2v) is 1.56. The summed E-state index contributed by atoms with van der Waals surface area (Å²) in [5, 5.41) is 10.1. The van der Waals surface area contributed by atoms with E-state index in [4.69, 9.17) is 0 Å². The molecule has 0 aromatic rings. The molecule has 0 bridgehead atoms. The highest BCUT2D eigenvalue weighted by Crippen LogP contribution is 2.04. The Morgan fingerprint density at radius 2 is 1.67 bits per heavy atom. The molecule has 0 aromatic carbocycles. The lowest BCUT2D eigenvalue weighted by Gasteiger charge is -2.10. The molecule has 1 fully saturated rings. The summed E-state index contributed by atoms with van der Waals surface area (Å²) in [5.41, 5.74) is 0. The lowest BCUT2D eigenvalue weighted by atomic mass is 10.4. The first kappa shape index (κ1) is 4.09. The minimum absolute atomic E-state index is 0.681. The predicted octanol–water partition coefficient (Wildman–Crippen LogP) is -0.392. The summed E-state index contributed by atoms with van der Waals surface area (Å²) in [4.78, 5) is 0. The van der Waals surface area contributed by atoms with Crippen molar-refractivity contribution in [3.05, 3.63) is 0 Å². The molecule has 0 amide bonds. The van der Waals surface area contributed by atoms with Crippen molar-refractivity contribution in [1.29, 1.82) is 0 Å². The van der Waals surface area contributed by atoms with E-state index in [1.54, 1.807) is 4.52 Å². The molecule has 0 radical (unpaired) electrons. The van der Waals surface area contributed by atoms with Crippen LogP contribution in [0.2, 0.25) is 0 Å². The van der Waals surface area contributed by atoms with Crippen molar-refractivity contribution in [2.75, 3.05) is 13.2 Å². The summed E-state index contributed by atoms with van der Waals surface area (Å²) >= 11 is 0. The monoisotopic (exact) mass is 88.1 g/mol. The average Bonchev–Trinajstić information content (AvgIpc) is 1.86. The van der Waals surface area contributed by atoms with E-state index in [1.807, 2.05) is 0 Å². The van der Waals surface area contributed by atoms with E-state index in [1.165, 1.54) is 0 Å². The smallest absolute Gasteiger partial charge is 0.151 e. The maximum Gasteiger partial charge on any atom is 0.151 e. The second-order valence-electron chi connectivity index (χ2n) is 1.56. The Balaban J connectivity index is 2.18. The van der Waals surface area contributed by atoms with Crippen LogP contribution in [-0.2, 0) is 4.52 Å². The molecule has 0 atom stereocenters. The lowest BCUT2D eigenvalue weighted by Crippen LogP contribution is -2.21. The van der Waals surface area contributed by atoms with Crippen LogP contribution >= 0.6 is 0 Å². The zero-order chi connectivity index (χ0) is 4.41. The summed E-state index contributed by atoms with van der Waals surface area (Å²) < 4.78 is 1.77. The zero-order valence-electron chi connectivity index (χ0n) is 3.64. The van der Waals surface area contributed by atoms with Gasteiger partial charge in [0.25, 0.3) is 0 Å². The molecule has 0 N–H and O–H groups in total. The van der Waals surface area contributed by atoms with Gasteiger partial charge in [0, 0.05) is 12.8 Å². The van der Waals surface area contributed by atoms with Gasteiger partial charge in [-0.1, -0.05) is 0 Å². The standard InChI is InChI=1S/C4H8O2/c5-6-3-1-2-4-6/h1-4H2. The van der Waals surface area contributed by atoms with Crippen LogP contribution in [0, 0.1) is 0 Å². The predicted molar refractivity (Wildman–Crippen MR) is 20.1 cm³/mol. The largest absolute Gasteiger partial charge is 0.534 e. The van der Waals surface area contributed by atoms with Crippen LogP contribution in [0.15, 0.2) is 0 Å². The van der Waals surface area contributed by atoms with Crippen LogP contribution in [0.5, 0.6) is 0 Å². The van der Waals surface area contributed by atoms with Gasteiger partial charge in [0.1, 0.15) is 0 Å². The highest BCUT2D eigenvalue weighted by molar-refractivity contribution is 4.45. The van der Waals surface area contributed by atoms with Gasteiger partial charge in [0.05, 0.1) is 0 Å². The molecular formula is C4H8O2. The molecule has 0 saturated carbocycles. The normalized spacial score (nSPS) is 25.5. The molecular weight excluding hydrogens is 80.0 g/mol. The van der Waals surface area contributed by atoms with Crippen molar-refractivity contribution in [2.45, 2.75) is 12.8 Å². The molecule has 1 heterocycles. The Labute approximate surface area is 37.0 Å². The van der Waals surface area contributed by atoms with Crippen LogP contribution in [-0.4, -0.2) is 13.2 Å². The third-order valence-electron chi connectivity index (χ3n) is 0.994. The van der Waals surface area contributed by atoms with Gasteiger partial charge in [0.15, 0.2) is 13.2 Å². The maximum absolute atomic E-state index is 10.1. The first-order valence-corrected chi connectivity index (χ1v) is 2.24. The molecule has 1 aliphatic heterocycles. The van der Waals surface area contributed by atoms with Crippen molar-refractivity contribution < 1.29 is 9.78 Å². The van der Waals surface area contributed by atoms with Gasteiger partial charge in [-0.05, 0) is 0 Å². The second kappa shape index (κ2) is 1.58. The Morgan fingerprint density at radius 3 is 1.83 bits per heavy atom. The summed E-state index contributed by atoms with van der Waals surface area (Å²) in [7, 11) is 0. The van der Waals surface area contributed by atoms with E-state index in [0.717, 1.165) is 12.8 Å². The molecule has 0 aromatic heterocycles. The van der Waals surface area contributed by atoms with Crippen LogP contribution in [0.1, 0.15) is 12.8 Å². The molecule has 1 aliphatic rings. The van der Waals surface area contributed by atoms with Gasteiger partial charge in [-0.15, -0.1) is 0 Å². The van der Waals surface area contributed by atoms with Crippen LogP contribution in [0.4, 0.5) is 0 Å². The minimum atomic E-state index is 0.681. The minimum Gasteiger partial charge on any atom is -0.534 e. The Bertz CT molecular complexity index is 38.8. The molecule has 1 saturated heterocycles. The van der Waals surface area contributed by atoms with Gasteiger partial charge in [-0.2, -0.15) is 0 Å². The first-order valence-electron chi connectivity index (χ1n) is 2.24. The molecule has 0 spiro atoms. The van der Waals surface area contributed by atoms with E-state index < -0.39 is 0 Å². The van der Waals surface area contributed by atoms with Gasteiger partial charge in [0.2, 0.25) is 0 Å². The summed E-state index contributed by atoms with van der Waals surface area (Å²) in [6.45, 7) is 1.36. The van der Waals surface area contributed by atoms with E-state index in [-0.39, 0.29) is 0 Å². The van der Waals surface area contributed by atoms with Crippen molar-refractivity contribution >= 4 is 0 Å². The maximum atomic E-state index is 10.1. The summed E-state index contributed by atoms with van der Waals surface area (Å²) in [5.74, 6) is 0. The Hall–Kier alpha value is -0.0800. The van der Waals surface area contributed by atoms with E-state index in [9.17, 15) is 5.26 Å². The molecule has 6 heavy (non-hydrogen) atoms. The molecule has 1 rings (SSSR count). The fraction of sp³-hybridized carbons (Fsp3) is 1.00. The SMILES string of the molecule is [O-][O+]1CCCC1. The highest BCUT2D eigenvalue weighted by Gasteiger charge is 2.07. The average molecular weight is 88.1 g/mol. The zero-order valence-corrected chi connectivity index (χ0v) is 3.64. The number of hydrogen-bond donors (Lipinski definition) is 0. The fourth-order valence-electron chi connectivity index (χ4n) is 0.628. The van der Waals surface area contributed by atoms with Crippen LogP contribution in [0.25, 0.3) is 0 Å². The van der Waals surface area contributed by atoms with Crippen molar-refractivity contribution in [2.24, 2.45) is 0 Å². The quantitative estimate of drug-likeness (QED) is 0.292. The Morgan fingerprint density at radius 1 is 1.17 bits per heavy atom. The molecule has 0 unspecified atom stereocenters. The number of hydrogen-bond acceptors (Lipinski definition) is 1. The van der Waals surface area contributed by atoms with E-state index >= 15 is 0 Å². The third-order valence-corrected chi connectivity index (χ3v) is 0.994. The van der Waals surface area contributed by atoms with Crippen molar-refractivity contribution in [1.82, 2.24) is 0 Å². The summed E-state index contributed by atoms with van der Waals surface area (Å²) in [6.07, 6.45) is 2.13. The summed E-state index contributed by atoms with van der Waals surface area (Å²) in [6, 6.07) is 0. The first-order chi connectivity index (χ1) is 2.89. The van der Waals surface area contributed by atoms with E-state index in [2.05, 4.69) is 0 Å². The van der Waals surface area contributed by atoms with Gasteiger partial charge >= 0.3 is 0 Å². The molecule has 36 valence electrons. The van der Waals surface area contributed by atoms with Crippen molar-refractivity contribution in [3.8, 4) is 0 Å². The van der Waals surface area contributed by atoms with Gasteiger partial charge in [-0.25, -0.2) is 0 Å². The lowest BCUT2D eigenvalue weighted by molar-refractivity contribution is -0.788. The molecule has 2 heteroatoms. The third kappa shape index (κ3) is 0.698. The number of rotatable bonds is 0. The fourth-order valence-corrected chi connectivity index (χ4v) is 0.628. The Kier molecular flexibility index (Phi) is 1.08. The van der Waals surface area contributed by atoms with Gasteiger partial charge in [-0.3, -0.25) is 0 Å². The van der Waals surface area contributed by atoms with Crippen LogP contribution < -0.4 is 5.26 Å². The molecule has 0 aliphatic carbocycles. The topological polar surface area (TPSA) is 25.8 Å². The van der Waals surface area contributed by atoms with E-state index in [0.29, 0.717) is 13.2 Å². The molecule has 2 nitrogen and oxygen atoms in total. The van der Waals surface area contributed by atoms with Crippen molar-refractivity contribution in [3.63, 3.8) is 0 Å².